The Bertz CT molecular complexity index is 977. The number of nitriles is 1. The maximum Gasteiger partial charge on any atom is 0.265 e. The van der Waals surface area contributed by atoms with Gasteiger partial charge in [-0.25, -0.2) is 4.98 Å². The Labute approximate surface area is 166 Å². The molecule has 136 valence electrons. The average Bonchev–Trinajstić information content (AvgIpc) is 3.08. The van der Waals surface area contributed by atoms with Crippen molar-refractivity contribution in [2.24, 2.45) is 0 Å². The fourth-order valence-corrected chi connectivity index (χ4v) is 4.05. The highest BCUT2D eigenvalue weighted by atomic mass is 32.2. The molecule has 0 saturated carbocycles. The van der Waals surface area contributed by atoms with Gasteiger partial charge in [-0.1, -0.05) is 23.9 Å². The molecule has 0 aliphatic rings. The molecule has 3 aromatic rings. The minimum Gasteiger partial charge on any atom is -0.480 e. The Morgan fingerprint density at radius 2 is 2.00 bits per heavy atom. The van der Waals surface area contributed by atoms with Crippen LogP contribution in [0, 0.1) is 18.3 Å². The van der Waals surface area contributed by atoms with E-state index in [0.717, 1.165) is 14.9 Å². The van der Waals surface area contributed by atoms with Gasteiger partial charge in [0.1, 0.15) is 11.8 Å². The minimum atomic E-state index is -0.730. The second kappa shape index (κ2) is 8.71. The largest absolute Gasteiger partial charge is 0.480 e. The van der Waals surface area contributed by atoms with Gasteiger partial charge in [0.15, 0.2) is 10.4 Å². The summed E-state index contributed by atoms with van der Waals surface area (Å²) in [5.41, 5.74) is 2.10. The first-order valence-electron chi connectivity index (χ1n) is 8.22. The molecule has 3 rings (SSSR count). The molecule has 1 amide bonds. The molecule has 0 bridgehead atoms. The molecule has 1 aromatic heterocycles. The molecule has 1 N–H and O–H groups in total. The maximum atomic E-state index is 12.4. The lowest BCUT2D eigenvalue weighted by atomic mass is 10.2. The van der Waals surface area contributed by atoms with Gasteiger partial charge in [-0.15, -0.1) is 11.3 Å². The van der Waals surface area contributed by atoms with Gasteiger partial charge in [0.05, 0.1) is 5.56 Å². The minimum absolute atomic E-state index is 0.279. The zero-order valence-corrected chi connectivity index (χ0v) is 16.4. The molecule has 1 heterocycles. The van der Waals surface area contributed by atoms with E-state index in [4.69, 9.17) is 10.00 Å². The van der Waals surface area contributed by atoms with Crippen molar-refractivity contribution >= 4 is 34.7 Å². The predicted octanol–water partition coefficient (Wildman–Crippen LogP) is 4.88. The smallest absolute Gasteiger partial charge is 0.265 e. The lowest BCUT2D eigenvalue weighted by molar-refractivity contribution is -0.122. The number of hydrogen-bond donors (Lipinski definition) is 1. The van der Waals surface area contributed by atoms with Crippen LogP contribution in [-0.4, -0.2) is 17.0 Å². The first-order chi connectivity index (χ1) is 13.0. The van der Waals surface area contributed by atoms with E-state index in [9.17, 15) is 4.79 Å². The van der Waals surface area contributed by atoms with E-state index in [0.29, 0.717) is 17.0 Å². The number of nitrogens with zero attached hydrogens (tertiary/aromatic N) is 2. The summed E-state index contributed by atoms with van der Waals surface area (Å²) in [6.45, 7) is 3.62. The second-order valence-electron chi connectivity index (χ2n) is 5.74. The summed E-state index contributed by atoms with van der Waals surface area (Å²) in [6, 6.07) is 16.5. The molecule has 2 aromatic carbocycles. The van der Waals surface area contributed by atoms with Gasteiger partial charge in [-0.2, -0.15) is 5.26 Å². The van der Waals surface area contributed by atoms with E-state index in [1.54, 1.807) is 54.3 Å². The van der Waals surface area contributed by atoms with Gasteiger partial charge in [0, 0.05) is 21.7 Å². The van der Waals surface area contributed by atoms with E-state index in [-0.39, 0.29) is 5.91 Å². The predicted molar refractivity (Wildman–Crippen MR) is 107 cm³/mol. The van der Waals surface area contributed by atoms with Crippen LogP contribution in [0.1, 0.15) is 18.2 Å². The lowest BCUT2D eigenvalue weighted by Crippen LogP contribution is -2.30. The monoisotopic (exact) mass is 395 g/mol. The number of aromatic nitrogens is 1. The van der Waals surface area contributed by atoms with Crippen molar-refractivity contribution in [1.29, 1.82) is 5.26 Å². The van der Waals surface area contributed by atoms with Gasteiger partial charge < -0.3 is 10.1 Å². The van der Waals surface area contributed by atoms with Crippen molar-refractivity contribution in [3.63, 3.8) is 0 Å². The van der Waals surface area contributed by atoms with Crippen LogP contribution in [0.25, 0.3) is 0 Å². The number of carbonyl (C=O) groups is 1. The fourth-order valence-electron chi connectivity index (χ4n) is 2.24. The second-order valence-corrected chi connectivity index (χ2v) is 7.92. The van der Waals surface area contributed by atoms with E-state index in [2.05, 4.69) is 16.4 Å². The van der Waals surface area contributed by atoms with Crippen molar-refractivity contribution < 1.29 is 9.53 Å². The Balaban J connectivity index is 1.59. The van der Waals surface area contributed by atoms with Gasteiger partial charge in [0.2, 0.25) is 0 Å². The molecular weight excluding hydrogens is 378 g/mol. The number of ether oxygens (including phenoxy) is 1. The number of thiazole rings is 1. The first-order valence-corrected chi connectivity index (χ1v) is 9.91. The lowest BCUT2D eigenvalue weighted by Gasteiger charge is -2.15. The topological polar surface area (TPSA) is 75.0 Å². The van der Waals surface area contributed by atoms with Crippen molar-refractivity contribution in [2.75, 3.05) is 5.32 Å². The fraction of sp³-hybridized carbons (Fsp3) is 0.150. The molecule has 0 fully saturated rings. The van der Waals surface area contributed by atoms with Crippen molar-refractivity contribution in [2.45, 2.75) is 29.2 Å². The van der Waals surface area contributed by atoms with Gasteiger partial charge in [0.25, 0.3) is 5.91 Å². The number of carbonyl (C=O) groups excluding carboxylic acids is 1. The summed E-state index contributed by atoms with van der Waals surface area (Å²) in [7, 11) is 0. The first kappa shape index (κ1) is 19.0. The Kier molecular flexibility index (Phi) is 6.12. The summed E-state index contributed by atoms with van der Waals surface area (Å²) in [6.07, 6.45) is -0.730. The van der Waals surface area contributed by atoms with Gasteiger partial charge >= 0.3 is 0 Å². The van der Waals surface area contributed by atoms with Crippen LogP contribution >= 0.6 is 23.1 Å². The van der Waals surface area contributed by atoms with Crippen LogP contribution < -0.4 is 10.1 Å². The zero-order chi connectivity index (χ0) is 19.2. The highest BCUT2D eigenvalue weighted by Gasteiger charge is 2.16. The van der Waals surface area contributed by atoms with Crippen LogP contribution in [0.4, 0.5) is 5.69 Å². The summed E-state index contributed by atoms with van der Waals surface area (Å²) in [4.78, 5) is 17.8. The molecule has 5 nitrogen and oxygen atoms in total. The quantitative estimate of drug-likeness (QED) is 0.644. The van der Waals surface area contributed by atoms with Crippen LogP contribution in [-0.2, 0) is 4.79 Å². The summed E-state index contributed by atoms with van der Waals surface area (Å²) in [5.74, 6) is 0.117. The molecule has 1 atom stereocenters. The standard InChI is InChI=1S/C20H17N3O2S2/c1-13-12-26-20(22-13)27-17-9-7-16(8-10-17)23-19(24)14(2)25-18-6-4-3-5-15(18)11-21/h3-10,12,14H,1-2H3,(H,23,24). The highest BCUT2D eigenvalue weighted by molar-refractivity contribution is 8.01. The van der Waals surface area contributed by atoms with Gasteiger partial charge in [-0.05, 0) is 50.2 Å². The van der Waals surface area contributed by atoms with Crippen LogP contribution in [0.15, 0.2) is 63.1 Å². The third-order valence-corrected chi connectivity index (χ3v) is 5.67. The Morgan fingerprint density at radius 3 is 2.67 bits per heavy atom. The highest BCUT2D eigenvalue weighted by Crippen LogP contribution is 2.30. The van der Waals surface area contributed by atoms with Crippen molar-refractivity contribution in [3.05, 3.63) is 65.2 Å². The molecule has 0 spiro atoms. The molecule has 0 aliphatic carbocycles. The average molecular weight is 396 g/mol. The SMILES string of the molecule is Cc1csc(Sc2ccc(NC(=O)C(C)Oc3ccccc3C#N)cc2)n1. The summed E-state index contributed by atoms with van der Waals surface area (Å²) < 4.78 is 6.62. The number of anilines is 1. The molecule has 7 heteroatoms. The molecule has 0 saturated heterocycles. The van der Waals surface area contributed by atoms with E-state index in [1.165, 1.54) is 0 Å². The molecule has 1 unspecified atom stereocenters. The van der Waals surface area contributed by atoms with Crippen LogP contribution in [0.5, 0.6) is 5.75 Å². The molecule has 0 radical (unpaired) electrons. The summed E-state index contributed by atoms with van der Waals surface area (Å²) >= 11 is 3.20. The number of rotatable bonds is 6. The Hall–Kier alpha value is -2.82. The van der Waals surface area contributed by atoms with E-state index in [1.807, 2.05) is 36.6 Å². The van der Waals surface area contributed by atoms with Crippen molar-refractivity contribution in [1.82, 2.24) is 4.98 Å². The molecule has 0 aliphatic heterocycles. The van der Waals surface area contributed by atoms with Crippen LogP contribution in [0.3, 0.4) is 0 Å². The third-order valence-electron chi connectivity index (χ3n) is 3.61. The summed E-state index contributed by atoms with van der Waals surface area (Å²) in [5, 5.41) is 13.9. The molecule has 27 heavy (non-hydrogen) atoms. The zero-order valence-electron chi connectivity index (χ0n) is 14.8. The third kappa shape index (κ3) is 5.09. The van der Waals surface area contributed by atoms with Gasteiger partial charge in [-0.3, -0.25) is 4.79 Å². The number of amides is 1. The maximum absolute atomic E-state index is 12.4. The van der Waals surface area contributed by atoms with E-state index < -0.39 is 6.10 Å². The number of aryl methyl sites for hydroxylation is 1. The normalized spacial score (nSPS) is 11.4. The van der Waals surface area contributed by atoms with Crippen LogP contribution in [0.2, 0.25) is 0 Å². The number of para-hydroxylation sites is 1. The number of nitrogens with one attached hydrogen (secondary N) is 1. The number of benzene rings is 2. The number of hydrogen-bond acceptors (Lipinski definition) is 6. The Morgan fingerprint density at radius 1 is 1.26 bits per heavy atom. The van der Waals surface area contributed by atoms with Crippen molar-refractivity contribution in [3.8, 4) is 11.8 Å². The van der Waals surface area contributed by atoms with E-state index >= 15 is 0 Å². The molecular formula is C20H17N3O2S2.